The van der Waals surface area contributed by atoms with E-state index in [2.05, 4.69) is 5.32 Å². The van der Waals surface area contributed by atoms with Crippen LogP contribution in [0, 0.1) is 12.7 Å². The summed E-state index contributed by atoms with van der Waals surface area (Å²) in [7, 11) is -3.68. The first-order valence-electron chi connectivity index (χ1n) is 11.7. The number of aryl methyl sites for hydroxylation is 1. The Morgan fingerprint density at radius 1 is 1.03 bits per heavy atom. The van der Waals surface area contributed by atoms with Crippen molar-refractivity contribution in [2.24, 2.45) is 0 Å². The Morgan fingerprint density at radius 3 is 2.28 bits per heavy atom. The molecule has 1 aliphatic heterocycles. The van der Waals surface area contributed by atoms with E-state index in [1.165, 1.54) is 45.6 Å². The zero-order valence-corrected chi connectivity index (χ0v) is 21.2. The molecule has 1 aliphatic rings. The number of fused-ring (bicyclic) bond motifs is 1. The Kier molecular flexibility index (Phi) is 7.23. The second-order valence-corrected chi connectivity index (χ2v) is 10.6. The minimum absolute atomic E-state index is 0.0902. The molecule has 188 valence electrons. The lowest BCUT2D eigenvalue weighted by molar-refractivity contribution is -0.117. The van der Waals surface area contributed by atoms with Crippen molar-refractivity contribution in [2.45, 2.75) is 31.7 Å². The van der Waals surface area contributed by atoms with Crippen LogP contribution >= 0.6 is 0 Å². The quantitative estimate of drug-likeness (QED) is 0.535. The maximum absolute atomic E-state index is 13.8. The van der Waals surface area contributed by atoms with E-state index in [0.717, 1.165) is 5.56 Å². The van der Waals surface area contributed by atoms with E-state index in [4.69, 9.17) is 0 Å². The SMILES string of the molecule is CCN(CC)S(=O)(=O)c1ccc(C(=O)N2CC(=O)Nc3ccc(C)cc3[C@H]2c2ccc(F)cc2)cc1. The van der Waals surface area contributed by atoms with Crippen molar-refractivity contribution >= 4 is 27.5 Å². The van der Waals surface area contributed by atoms with Crippen molar-refractivity contribution in [3.63, 3.8) is 0 Å². The lowest BCUT2D eigenvalue weighted by Crippen LogP contribution is -2.39. The van der Waals surface area contributed by atoms with E-state index >= 15 is 0 Å². The standard InChI is InChI=1S/C27H28FN3O4S/c1-4-30(5-2)36(34,35)22-13-9-20(10-14-22)27(33)31-17-25(32)29-24-15-6-18(3)16-23(24)26(31)19-7-11-21(28)12-8-19/h6-16,26H,4-5,17H2,1-3H3,(H,29,32)/t26-/m1/s1. The van der Waals surface area contributed by atoms with E-state index in [0.29, 0.717) is 29.9 Å². The molecule has 3 aromatic carbocycles. The van der Waals surface area contributed by atoms with Crippen LogP contribution in [0.3, 0.4) is 0 Å². The molecule has 9 heteroatoms. The first-order valence-corrected chi connectivity index (χ1v) is 13.2. The Morgan fingerprint density at radius 2 is 1.67 bits per heavy atom. The van der Waals surface area contributed by atoms with Crippen molar-refractivity contribution in [3.05, 3.63) is 94.8 Å². The summed E-state index contributed by atoms with van der Waals surface area (Å²) in [6, 6.07) is 16.5. The van der Waals surface area contributed by atoms with Crippen LogP contribution in [0.15, 0.2) is 71.6 Å². The third-order valence-corrected chi connectivity index (χ3v) is 8.36. The normalized spacial score (nSPS) is 15.9. The van der Waals surface area contributed by atoms with Gasteiger partial charge in [0.2, 0.25) is 15.9 Å². The molecule has 0 aromatic heterocycles. The lowest BCUT2D eigenvalue weighted by atomic mass is 9.94. The van der Waals surface area contributed by atoms with Crippen LogP contribution in [0.25, 0.3) is 0 Å². The molecule has 3 aromatic rings. The molecule has 1 heterocycles. The number of halogens is 1. The Bertz CT molecular complexity index is 1390. The molecule has 1 N–H and O–H groups in total. The highest BCUT2D eigenvalue weighted by Crippen LogP contribution is 2.37. The predicted molar refractivity (Wildman–Crippen MR) is 136 cm³/mol. The summed E-state index contributed by atoms with van der Waals surface area (Å²) in [6.45, 7) is 5.88. The molecule has 1 atom stereocenters. The maximum Gasteiger partial charge on any atom is 0.255 e. The molecule has 36 heavy (non-hydrogen) atoms. The molecule has 0 spiro atoms. The van der Waals surface area contributed by atoms with Crippen LogP contribution in [0.1, 0.15) is 46.9 Å². The predicted octanol–water partition coefficient (Wildman–Crippen LogP) is 4.35. The van der Waals surface area contributed by atoms with Gasteiger partial charge in [0.25, 0.3) is 5.91 Å². The van der Waals surface area contributed by atoms with Gasteiger partial charge >= 0.3 is 0 Å². The largest absolute Gasteiger partial charge is 0.324 e. The molecule has 0 fully saturated rings. The lowest BCUT2D eigenvalue weighted by Gasteiger charge is -2.31. The summed E-state index contributed by atoms with van der Waals surface area (Å²) in [6.07, 6.45) is 0. The first-order chi connectivity index (χ1) is 17.1. The smallest absolute Gasteiger partial charge is 0.255 e. The topological polar surface area (TPSA) is 86.8 Å². The van der Waals surface area contributed by atoms with Gasteiger partial charge in [-0.25, -0.2) is 12.8 Å². The van der Waals surface area contributed by atoms with Gasteiger partial charge in [-0.1, -0.05) is 43.7 Å². The molecule has 4 rings (SSSR count). The number of benzene rings is 3. The van der Waals surface area contributed by atoms with E-state index in [-0.39, 0.29) is 22.9 Å². The van der Waals surface area contributed by atoms with Gasteiger partial charge in [0.1, 0.15) is 12.4 Å². The van der Waals surface area contributed by atoms with E-state index in [9.17, 15) is 22.4 Å². The highest BCUT2D eigenvalue weighted by atomic mass is 32.2. The van der Waals surface area contributed by atoms with Crippen LogP contribution in [-0.2, 0) is 14.8 Å². The molecule has 0 bridgehead atoms. The maximum atomic E-state index is 13.8. The number of amides is 2. The Labute approximate surface area is 210 Å². The molecule has 7 nitrogen and oxygen atoms in total. The van der Waals surface area contributed by atoms with E-state index in [1.807, 2.05) is 19.1 Å². The second-order valence-electron chi connectivity index (χ2n) is 8.64. The zero-order valence-electron chi connectivity index (χ0n) is 20.4. The molecule has 0 saturated carbocycles. The number of sulfonamides is 1. The van der Waals surface area contributed by atoms with Crippen molar-refractivity contribution < 1.29 is 22.4 Å². The molecular weight excluding hydrogens is 481 g/mol. The van der Waals surface area contributed by atoms with Gasteiger partial charge in [0, 0.05) is 29.9 Å². The number of hydrogen-bond acceptors (Lipinski definition) is 4. The first kappa shape index (κ1) is 25.5. The molecule has 0 radical (unpaired) electrons. The van der Waals surface area contributed by atoms with Crippen molar-refractivity contribution in [1.82, 2.24) is 9.21 Å². The number of rotatable bonds is 6. The number of anilines is 1. The Balaban J connectivity index is 1.78. The minimum atomic E-state index is -3.68. The van der Waals surface area contributed by atoms with Crippen LogP contribution in [0.4, 0.5) is 10.1 Å². The fraction of sp³-hybridized carbons (Fsp3) is 0.259. The van der Waals surface area contributed by atoms with E-state index in [1.54, 1.807) is 32.0 Å². The molecule has 0 aliphatic carbocycles. The average molecular weight is 510 g/mol. The van der Waals surface area contributed by atoms with Crippen LogP contribution < -0.4 is 5.32 Å². The summed E-state index contributed by atoms with van der Waals surface area (Å²) in [4.78, 5) is 28.1. The molecule has 0 unspecified atom stereocenters. The molecular formula is C27H28FN3O4S. The fourth-order valence-electron chi connectivity index (χ4n) is 4.47. The summed E-state index contributed by atoms with van der Waals surface area (Å²) in [5, 5.41) is 2.86. The van der Waals surface area contributed by atoms with Gasteiger partial charge in [-0.05, 0) is 55.0 Å². The number of carbonyl (C=O) groups excluding carboxylic acids is 2. The molecule has 2 amide bonds. The highest BCUT2D eigenvalue weighted by molar-refractivity contribution is 7.89. The molecule has 0 saturated heterocycles. The van der Waals surface area contributed by atoms with Crippen LogP contribution in [0.5, 0.6) is 0 Å². The van der Waals surface area contributed by atoms with Crippen LogP contribution in [-0.4, -0.2) is 49.1 Å². The highest BCUT2D eigenvalue weighted by Gasteiger charge is 2.34. The van der Waals surface area contributed by atoms with Crippen molar-refractivity contribution in [1.29, 1.82) is 0 Å². The zero-order chi connectivity index (χ0) is 26.0. The second kappa shape index (κ2) is 10.2. The summed E-state index contributed by atoms with van der Waals surface area (Å²) in [5.41, 5.74) is 3.12. The van der Waals surface area contributed by atoms with Gasteiger partial charge in [0.15, 0.2) is 0 Å². The average Bonchev–Trinajstić information content (AvgIpc) is 3.00. The van der Waals surface area contributed by atoms with Crippen molar-refractivity contribution in [3.8, 4) is 0 Å². The minimum Gasteiger partial charge on any atom is -0.324 e. The van der Waals surface area contributed by atoms with E-state index < -0.39 is 27.8 Å². The number of nitrogens with one attached hydrogen (secondary N) is 1. The number of hydrogen-bond donors (Lipinski definition) is 1. The van der Waals surface area contributed by atoms with Gasteiger partial charge in [-0.2, -0.15) is 4.31 Å². The van der Waals surface area contributed by atoms with Gasteiger partial charge < -0.3 is 10.2 Å². The monoisotopic (exact) mass is 509 g/mol. The van der Waals surface area contributed by atoms with Gasteiger partial charge in [-0.15, -0.1) is 0 Å². The fourth-order valence-corrected chi connectivity index (χ4v) is 5.93. The Hall–Kier alpha value is -3.56. The van der Waals surface area contributed by atoms with Crippen molar-refractivity contribution in [2.75, 3.05) is 25.0 Å². The summed E-state index contributed by atoms with van der Waals surface area (Å²) < 4.78 is 40.8. The van der Waals surface area contributed by atoms with Gasteiger partial charge in [0.05, 0.1) is 10.9 Å². The third kappa shape index (κ3) is 4.89. The number of nitrogens with zero attached hydrogens (tertiary/aromatic N) is 2. The van der Waals surface area contributed by atoms with Crippen LogP contribution in [0.2, 0.25) is 0 Å². The van der Waals surface area contributed by atoms with Gasteiger partial charge in [-0.3, -0.25) is 9.59 Å². The number of carbonyl (C=O) groups is 2. The third-order valence-electron chi connectivity index (χ3n) is 6.29. The summed E-state index contributed by atoms with van der Waals surface area (Å²) >= 11 is 0. The summed E-state index contributed by atoms with van der Waals surface area (Å²) in [5.74, 6) is -1.21.